The van der Waals surface area contributed by atoms with E-state index < -0.39 is 17.5 Å². The molecule has 0 aliphatic carbocycles. The fourth-order valence-corrected chi connectivity index (χ4v) is 3.29. The van der Waals surface area contributed by atoms with Crippen molar-refractivity contribution in [3.8, 4) is 11.6 Å². The Balaban J connectivity index is 1.69. The molecule has 0 fully saturated rings. The number of aromatic amines is 1. The molecule has 10 heteroatoms. The first-order valence-electron chi connectivity index (χ1n) is 10.6. The van der Waals surface area contributed by atoms with E-state index in [0.29, 0.717) is 16.5 Å². The number of hydrogen-bond acceptors (Lipinski definition) is 6. The summed E-state index contributed by atoms with van der Waals surface area (Å²) in [6, 6.07) is 17.9. The zero-order chi connectivity index (χ0) is 24.8. The van der Waals surface area contributed by atoms with Gasteiger partial charge < -0.3 is 14.5 Å². The van der Waals surface area contributed by atoms with Gasteiger partial charge in [0, 0.05) is 17.3 Å². The first-order chi connectivity index (χ1) is 16.9. The number of halogens is 2. The van der Waals surface area contributed by atoms with Crippen molar-refractivity contribution in [1.82, 2.24) is 14.5 Å². The van der Waals surface area contributed by atoms with Crippen molar-refractivity contribution in [2.75, 3.05) is 6.61 Å². The van der Waals surface area contributed by atoms with Crippen LogP contribution in [0.4, 0.5) is 10.1 Å². The van der Waals surface area contributed by atoms with Gasteiger partial charge in [0.05, 0.1) is 18.8 Å². The number of rotatable bonds is 7. The summed E-state index contributed by atoms with van der Waals surface area (Å²) in [7, 11) is 0. The minimum absolute atomic E-state index is 0.120. The van der Waals surface area contributed by atoms with E-state index in [1.807, 2.05) is 0 Å². The summed E-state index contributed by atoms with van der Waals surface area (Å²) < 4.78 is 25.2. The molecule has 0 atom stereocenters. The van der Waals surface area contributed by atoms with Gasteiger partial charge >= 0.3 is 5.97 Å². The number of aromatic nitrogens is 3. The Hall–Kier alpha value is -4.24. The number of benzene rings is 2. The average molecular weight is 495 g/mol. The Bertz CT molecular complexity index is 1460. The molecule has 0 spiro atoms. The van der Waals surface area contributed by atoms with Gasteiger partial charge in [-0.1, -0.05) is 29.8 Å². The predicted molar refractivity (Wildman–Crippen MR) is 127 cm³/mol. The van der Waals surface area contributed by atoms with Crippen LogP contribution in [0.2, 0.25) is 5.02 Å². The predicted octanol–water partition coefficient (Wildman–Crippen LogP) is 4.61. The van der Waals surface area contributed by atoms with Crippen molar-refractivity contribution in [2.45, 2.75) is 13.5 Å². The highest BCUT2D eigenvalue weighted by molar-refractivity contribution is 6.30. The summed E-state index contributed by atoms with van der Waals surface area (Å²) in [6.45, 7) is 1.95. The SMILES string of the molecule is CCOC(=O)c1c[nH]/c(=N\c2ccc(Oc3cccc(F)n3)cc2)n(Cc2ccc(Cl)cc2)c1=O. The molecule has 0 aliphatic rings. The summed E-state index contributed by atoms with van der Waals surface area (Å²) in [5, 5.41) is 0.564. The molecule has 8 nitrogen and oxygen atoms in total. The number of hydrogen-bond donors (Lipinski definition) is 1. The molecular weight excluding hydrogens is 475 g/mol. The van der Waals surface area contributed by atoms with Gasteiger partial charge in [-0.25, -0.2) is 9.79 Å². The third kappa shape index (κ3) is 6.01. The largest absolute Gasteiger partial charge is 0.462 e. The Morgan fingerprint density at radius 3 is 2.54 bits per heavy atom. The lowest BCUT2D eigenvalue weighted by Crippen LogP contribution is -2.39. The molecular formula is C25H20ClFN4O4. The number of nitrogens with zero attached hydrogens (tertiary/aromatic N) is 3. The van der Waals surface area contributed by atoms with Crippen molar-refractivity contribution in [1.29, 1.82) is 0 Å². The lowest BCUT2D eigenvalue weighted by molar-refractivity contribution is 0.0522. The molecule has 0 bridgehead atoms. The van der Waals surface area contributed by atoms with Gasteiger partial charge in [-0.2, -0.15) is 9.37 Å². The van der Waals surface area contributed by atoms with Crippen LogP contribution in [0.25, 0.3) is 0 Å². The Labute approximate surface area is 204 Å². The van der Waals surface area contributed by atoms with Crippen LogP contribution in [0.15, 0.2) is 82.7 Å². The molecule has 2 aromatic heterocycles. The van der Waals surface area contributed by atoms with E-state index in [-0.39, 0.29) is 30.2 Å². The molecule has 0 radical (unpaired) electrons. The maximum Gasteiger partial charge on any atom is 0.345 e. The minimum atomic E-state index is -0.724. The standard InChI is InChI=1S/C25H20ClFN4O4/c1-2-34-24(33)20-14-28-25(31(23(20)32)15-16-6-8-17(26)9-7-16)29-18-10-12-19(13-11-18)35-22-5-3-4-21(27)30-22/h3-14H,2,15H2,1H3,(H,28,29). The number of carbonyl (C=O) groups excluding carboxylic acids is 1. The van der Waals surface area contributed by atoms with E-state index >= 15 is 0 Å². The highest BCUT2D eigenvalue weighted by atomic mass is 35.5. The van der Waals surface area contributed by atoms with Crippen molar-refractivity contribution < 1.29 is 18.7 Å². The van der Waals surface area contributed by atoms with Gasteiger partial charge in [-0.15, -0.1) is 0 Å². The zero-order valence-electron chi connectivity index (χ0n) is 18.6. The van der Waals surface area contributed by atoms with Crippen LogP contribution in [-0.2, 0) is 11.3 Å². The minimum Gasteiger partial charge on any atom is -0.462 e. The number of esters is 1. The second kappa shape index (κ2) is 10.8. The number of pyridine rings is 1. The summed E-state index contributed by atoms with van der Waals surface area (Å²) in [5.41, 5.74) is 0.834. The number of nitrogens with one attached hydrogen (secondary N) is 1. The zero-order valence-corrected chi connectivity index (χ0v) is 19.3. The van der Waals surface area contributed by atoms with E-state index in [0.717, 1.165) is 5.56 Å². The van der Waals surface area contributed by atoms with Gasteiger partial charge in [-0.05, 0) is 55.0 Å². The molecule has 0 saturated heterocycles. The highest BCUT2D eigenvalue weighted by Gasteiger charge is 2.15. The maximum absolute atomic E-state index is 13.3. The topological polar surface area (TPSA) is 98.6 Å². The van der Waals surface area contributed by atoms with Gasteiger partial charge in [0.25, 0.3) is 5.56 Å². The van der Waals surface area contributed by atoms with Crippen LogP contribution in [-0.4, -0.2) is 27.1 Å². The van der Waals surface area contributed by atoms with E-state index in [1.54, 1.807) is 55.5 Å². The first kappa shape index (κ1) is 23.9. The number of carbonyl (C=O) groups is 1. The van der Waals surface area contributed by atoms with Crippen molar-refractivity contribution in [3.63, 3.8) is 0 Å². The number of H-pyrrole nitrogens is 1. The van der Waals surface area contributed by atoms with Crippen LogP contribution >= 0.6 is 11.6 Å². The summed E-state index contributed by atoms with van der Waals surface area (Å²) in [6.07, 6.45) is 1.28. The Kier molecular flexibility index (Phi) is 7.37. The van der Waals surface area contributed by atoms with Crippen molar-refractivity contribution in [2.24, 2.45) is 4.99 Å². The summed E-state index contributed by atoms with van der Waals surface area (Å²) in [5.74, 6) is -0.816. The molecule has 1 N–H and O–H groups in total. The average Bonchev–Trinajstić information content (AvgIpc) is 2.84. The van der Waals surface area contributed by atoms with Crippen LogP contribution in [0.1, 0.15) is 22.8 Å². The van der Waals surface area contributed by atoms with Crippen molar-refractivity contribution in [3.05, 3.63) is 111 Å². The molecule has 4 rings (SSSR count). The van der Waals surface area contributed by atoms with Crippen molar-refractivity contribution >= 4 is 23.3 Å². The first-order valence-corrected chi connectivity index (χ1v) is 11.0. The fraction of sp³-hybridized carbons (Fsp3) is 0.120. The fourth-order valence-electron chi connectivity index (χ4n) is 3.16. The molecule has 2 aromatic carbocycles. The second-order valence-corrected chi connectivity index (χ2v) is 7.71. The van der Waals surface area contributed by atoms with Crippen LogP contribution in [0, 0.1) is 5.95 Å². The van der Waals surface area contributed by atoms with Gasteiger partial charge in [0.15, 0.2) is 0 Å². The molecule has 0 aliphatic heterocycles. The van der Waals surface area contributed by atoms with E-state index in [4.69, 9.17) is 21.1 Å². The van der Waals surface area contributed by atoms with Gasteiger partial charge in [-0.3, -0.25) is 9.36 Å². The normalized spacial score (nSPS) is 11.3. The molecule has 2 heterocycles. The van der Waals surface area contributed by atoms with E-state index in [2.05, 4.69) is 15.0 Å². The lowest BCUT2D eigenvalue weighted by atomic mass is 10.2. The third-order valence-corrected chi connectivity index (χ3v) is 5.06. The molecule has 0 unspecified atom stereocenters. The van der Waals surface area contributed by atoms with Gasteiger partial charge in [0.2, 0.25) is 17.4 Å². The monoisotopic (exact) mass is 494 g/mol. The maximum atomic E-state index is 13.3. The Morgan fingerprint density at radius 1 is 1.11 bits per heavy atom. The third-order valence-electron chi connectivity index (χ3n) is 4.81. The van der Waals surface area contributed by atoms with Crippen LogP contribution < -0.4 is 15.9 Å². The highest BCUT2D eigenvalue weighted by Crippen LogP contribution is 2.22. The molecule has 35 heavy (non-hydrogen) atoms. The van der Waals surface area contributed by atoms with Gasteiger partial charge in [0.1, 0.15) is 11.3 Å². The van der Waals surface area contributed by atoms with Crippen LogP contribution in [0.5, 0.6) is 11.6 Å². The molecule has 178 valence electrons. The Morgan fingerprint density at radius 2 is 1.86 bits per heavy atom. The lowest BCUT2D eigenvalue weighted by Gasteiger charge is -2.10. The molecule has 0 amide bonds. The van der Waals surface area contributed by atoms with E-state index in [9.17, 15) is 14.0 Å². The van der Waals surface area contributed by atoms with Crippen LogP contribution in [0.3, 0.4) is 0 Å². The molecule has 4 aromatic rings. The van der Waals surface area contributed by atoms with E-state index in [1.165, 1.54) is 29.0 Å². The second-order valence-electron chi connectivity index (χ2n) is 7.27. The summed E-state index contributed by atoms with van der Waals surface area (Å²) >= 11 is 5.97. The summed E-state index contributed by atoms with van der Waals surface area (Å²) in [4.78, 5) is 36.5. The quantitative estimate of drug-likeness (QED) is 0.299. The molecule has 0 saturated carbocycles. The number of ether oxygens (including phenoxy) is 2. The smallest absolute Gasteiger partial charge is 0.345 e.